The standard InChI is InChI=1S/C35H44N4O4S/c1-3-29(4-2)39(24-40)23-26-8-7-9-27(22-26)33(41)37-35-32(30-10-5-6-11-31(30)44-35)34(42)36-28-14-12-25(13-15-28)16-17-38-18-20-43-21-19-38/h7-9,12-15,22,24,29H,3-6,10-11,16-21,23H2,1-2H3,(H,36,42)(H,37,41). The average Bonchev–Trinajstić information content (AvgIpc) is 3.43. The van der Waals surface area contributed by atoms with E-state index in [0.717, 1.165) is 101 Å². The van der Waals surface area contributed by atoms with E-state index in [1.165, 1.54) is 21.8 Å². The number of hydrogen-bond acceptors (Lipinski definition) is 6. The Hall–Kier alpha value is -3.53. The molecule has 0 unspecified atom stereocenters. The number of rotatable bonds is 13. The zero-order chi connectivity index (χ0) is 30.9. The van der Waals surface area contributed by atoms with Crippen LogP contribution in [0.3, 0.4) is 0 Å². The second-order valence-electron chi connectivity index (χ2n) is 11.7. The summed E-state index contributed by atoms with van der Waals surface area (Å²) in [6.07, 6.45) is 7.46. The van der Waals surface area contributed by atoms with Crippen LogP contribution in [-0.4, -0.2) is 66.9 Å². The van der Waals surface area contributed by atoms with E-state index in [0.29, 0.717) is 22.7 Å². The molecule has 234 valence electrons. The molecule has 1 aliphatic carbocycles. The summed E-state index contributed by atoms with van der Waals surface area (Å²) in [5, 5.41) is 6.76. The number of aryl methyl sites for hydroxylation is 1. The molecule has 5 rings (SSSR count). The van der Waals surface area contributed by atoms with Gasteiger partial charge in [0.15, 0.2) is 0 Å². The van der Waals surface area contributed by atoms with Crippen molar-refractivity contribution in [2.24, 2.45) is 0 Å². The minimum atomic E-state index is -0.260. The van der Waals surface area contributed by atoms with Crippen molar-refractivity contribution in [3.8, 4) is 0 Å². The van der Waals surface area contributed by atoms with Crippen LogP contribution >= 0.6 is 11.3 Å². The monoisotopic (exact) mass is 616 g/mol. The van der Waals surface area contributed by atoms with E-state index in [1.807, 2.05) is 30.3 Å². The van der Waals surface area contributed by atoms with Gasteiger partial charge in [-0.2, -0.15) is 0 Å². The second kappa shape index (κ2) is 15.5. The number of nitrogens with one attached hydrogen (secondary N) is 2. The van der Waals surface area contributed by atoms with Crippen molar-refractivity contribution >= 4 is 40.2 Å². The van der Waals surface area contributed by atoms with Crippen LogP contribution in [0, 0.1) is 0 Å². The smallest absolute Gasteiger partial charge is 0.258 e. The Balaban J connectivity index is 1.28. The molecule has 2 N–H and O–H groups in total. The third-order valence-electron chi connectivity index (χ3n) is 8.76. The van der Waals surface area contributed by atoms with E-state index >= 15 is 0 Å². The summed E-state index contributed by atoms with van der Waals surface area (Å²) in [6, 6.07) is 15.6. The molecule has 2 heterocycles. The number of carbonyl (C=O) groups is 3. The van der Waals surface area contributed by atoms with Crippen molar-refractivity contribution in [3.05, 3.63) is 81.2 Å². The fraction of sp³-hybridized carbons (Fsp3) is 0.457. The fourth-order valence-electron chi connectivity index (χ4n) is 6.16. The predicted octanol–water partition coefficient (Wildman–Crippen LogP) is 6.15. The molecule has 1 aromatic heterocycles. The number of benzene rings is 2. The maximum atomic E-state index is 13.7. The maximum Gasteiger partial charge on any atom is 0.258 e. The molecule has 0 saturated carbocycles. The van der Waals surface area contributed by atoms with E-state index in [4.69, 9.17) is 4.74 Å². The van der Waals surface area contributed by atoms with Gasteiger partial charge in [-0.1, -0.05) is 38.1 Å². The lowest BCUT2D eigenvalue weighted by Crippen LogP contribution is -2.37. The largest absolute Gasteiger partial charge is 0.379 e. The van der Waals surface area contributed by atoms with Gasteiger partial charge >= 0.3 is 0 Å². The molecule has 1 aliphatic heterocycles. The molecule has 3 aromatic rings. The number of nitrogens with zero attached hydrogens (tertiary/aromatic N) is 2. The molecule has 0 radical (unpaired) electrons. The van der Waals surface area contributed by atoms with Gasteiger partial charge in [0.25, 0.3) is 11.8 Å². The highest BCUT2D eigenvalue weighted by molar-refractivity contribution is 7.17. The molecule has 1 saturated heterocycles. The van der Waals surface area contributed by atoms with Gasteiger partial charge in [0.2, 0.25) is 6.41 Å². The molecule has 8 nitrogen and oxygen atoms in total. The first-order chi connectivity index (χ1) is 21.5. The number of hydrogen-bond donors (Lipinski definition) is 2. The van der Waals surface area contributed by atoms with Crippen molar-refractivity contribution in [1.82, 2.24) is 9.80 Å². The summed E-state index contributed by atoms with van der Waals surface area (Å²) in [5.41, 5.74) is 5.00. The van der Waals surface area contributed by atoms with Crippen molar-refractivity contribution in [2.75, 3.05) is 43.5 Å². The number of fused-ring (bicyclic) bond motifs is 1. The Morgan fingerprint density at radius 2 is 1.73 bits per heavy atom. The molecule has 0 spiro atoms. The third kappa shape index (κ3) is 7.94. The lowest BCUT2D eigenvalue weighted by molar-refractivity contribution is -0.121. The Morgan fingerprint density at radius 3 is 2.45 bits per heavy atom. The summed E-state index contributed by atoms with van der Waals surface area (Å²) < 4.78 is 5.44. The summed E-state index contributed by atoms with van der Waals surface area (Å²) in [7, 11) is 0. The molecule has 44 heavy (non-hydrogen) atoms. The Kier molecular flexibility index (Phi) is 11.2. The van der Waals surface area contributed by atoms with E-state index in [1.54, 1.807) is 11.0 Å². The van der Waals surface area contributed by atoms with Crippen molar-refractivity contribution in [2.45, 2.75) is 71.4 Å². The van der Waals surface area contributed by atoms with Crippen LogP contribution in [0.4, 0.5) is 10.7 Å². The molecule has 2 aromatic carbocycles. The molecule has 3 amide bonds. The lowest BCUT2D eigenvalue weighted by atomic mass is 9.95. The average molecular weight is 617 g/mol. The first kappa shape index (κ1) is 31.9. The highest BCUT2D eigenvalue weighted by Crippen LogP contribution is 2.39. The number of ether oxygens (including phenoxy) is 1. The van der Waals surface area contributed by atoms with Crippen LogP contribution in [0.1, 0.15) is 81.8 Å². The number of thiophene rings is 1. The second-order valence-corrected chi connectivity index (χ2v) is 12.8. The minimum Gasteiger partial charge on any atom is -0.379 e. The molecule has 0 bridgehead atoms. The zero-order valence-electron chi connectivity index (χ0n) is 25.9. The van der Waals surface area contributed by atoms with Crippen LogP contribution in [0.15, 0.2) is 48.5 Å². The van der Waals surface area contributed by atoms with E-state index in [9.17, 15) is 14.4 Å². The fourth-order valence-corrected chi connectivity index (χ4v) is 7.44. The van der Waals surface area contributed by atoms with E-state index in [2.05, 4.69) is 41.5 Å². The molecule has 2 aliphatic rings. The van der Waals surface area contributed by atoms with E-state index < -0.39 is 0 Å². The molecule has 0 atom stereocenters. The Bertz CT molecular complexity index is 1430. The summed E-state index contributed by atoms with van der Waals surface area (Å²) in [5.74, 6) is -0.453. The topological polar surface area (TPSA) is 91.0 Å². The van der Waals surface area contributed by atoms with Crippen LogP contribution in [0.2, 0.25) is 0 Å². The van der Waals surface area contributed by atoms with Gasteiger partial charge in [0.1, 0.15) is 5.00 Å². The molecular weight excluding hydrogens is 572 g/mol. The summed E-state index contributed by atoms with van der Waals surface area (Å²) in [4.78, 5) is 44.4. The van der Waals surface area contributed by atoms with Gasteiger partial charge in [0.05, 0.1) is 18.8 Å². The quantitative estimate of drug-likeness (QED) is 0.225. The number of anilines is 2. The first-order valence-corrected chi connectivity index (χ1v) is 16.8. The number of morpholine rings is 1. The van der Waals surface area contributed by atoms with Crippen LogP contribution < -0.4 is 10.6 Å². The Labute approximate surface area is 264 Å². The van der Waals surface area contributed by atoms with Gasteiger partial charge in [-0.05, 0) is 85.9 Å². The summed E-state index contributed by atoms with van der Waals surface area (Å²) >= 11 is 1.51. The van der Waals surface area contributed by atoms with Gasteiger partial charge < -0.3 is 20.3 Å². The highest BCUT2D eigenvalue weighted by atomic mass is 32.1. The normalized spacial score (nSPS) is 15.1. The van der Waals surface area contributed by atoms with E-state index in [-0.39, 0.29) is 17.9 Å². The Morgan fingerprint density at radius 1 is 0.977 bits per heavy atom. The van der Waals surface area contributed by atoms with Crippen LogP contribution in [-0.2, 0) is 35.3 Å². The molecular formula is C35H44N4O4S. The lowest BCUT2D eigenvalue weighted by Gasteiger charge is -2.26. The van der Waals surface area contributed by atoms with Crippen molar-refractivity contribution in [1.29, 1.82) is 0 Å². The summed E-state index contributed by atoms with van der Waals surface area (Å²) in [6.45, 7) is 9.13. The van der Waals surface area contributed by atoms with Gasteiger partial charge in [-0.3, -0.25) is 19.3 Å². The molecule has 1 fully saturated rings. The van der Waals surface area contributed by atoms with Crippen molar-refractivity contribution in [3.63, 3.8) is 0 Å². The number of amides is 3. The van der Waals surface area contributed by atoms with Gasteiger partial charge in [-0.15, -0.1) is 11.3 Å². The minimum absolute atomic E-state index is 0.162. The first-order valence-electron chi connectivity index (χ1n) is 15.9. The van der Waals surface area contributed by atoms with Crippen LogP contribution in [0.5, 0.6) is 0 Å². The van der Waals surface area contributed by atoms with Gasteiger partial charge in [-0.25, -0.2) is 0 Å². The predicted molar refractivity (Wildman–Crippen MR) is 177 cm³/mol. The third-order valence-corrected chi connectivity index (χ3v) is 9.97. The SMILES string of the molecule is CCC(CC)N(C=O)Cc1cccc(C(=O)Nc2sc3c(c2C(=O)Nc2ccc(CCN4CCOCC4)cc2)CCCC3)c1. The molecule has 9 heteroatoms. The number of carbonyl (C=O) groups excluding carboxylic acids is 3. The van der Waals surface area contributed by atoms with Crippen LogP contribution in [0.25, 0.3) is 0 Å². The van der Waals surface area contributed by atoms with Gasteiger partial charge in [0, 0.05) is 48.3 Å². The highest BCUT2D eigenvalue weighted by Gasteiger charge is 2.27. The van der Waals surface area contributed by atoms with Crippen molar-refractivity contribution < 1.29 is 19.1 Å². The maximum absolute atomic E-state index is 13.7. The zero-order valence-corrected chi connectivity index (χ0v) is 26.7.